The number of Topliss-reactive ketones (excluding diaryl/α,β-unsaturated/α-hetero) is 1. The Balaban J connectivity index is 0.00000208. The van der Waals surface area contributed by atoms with Crippen molar-refractivity contribution < 1.29 is 9.59 Å². The van der Waals surface area contributed by atoms with E-state index >= 15 is 0 Å². The van der Waals surface area contributed by atoms with Crippen molar-refractivity contribution in [2.24, 2.45) is 5.92 Å². The van der Waals surface area contributed by atoms with Crippen molar-refractivity contribution >= 4 is 35.9 Å². The van der Waals surface area contributed by atoms with Gasteiger partial charge in [0.1, 0.15) is 0 Å². The van der Waals surface area contributed by atoms with Gasteiger partial charge in [-0.2, -0.15) is 11.8 Å². The smallest absolute Gasteiger partial charge is 0.224 e. The van der Waals surface area contributed by atoms with Crippen LogP contribution in [0.25, 0.3) is 0 Å². The van der Waals surface area contributed by atoms with E-state index < -0.39 is 0 Å². The fraction of sp³-hybridized carbons (Fsp3) is 0.556. The first-order valence-electron chi connectivity index (χ1n) is 8.42. The number of thioether (sulfide) groups is 1. The largest absolute Gasteiger partial charge is 0.343 e. The van der Waals surface area contributed by atoms with Gasteiger partial charge in [-0.15, -0.1) is 12.4 Å². The van der Waals surface area contributed by atoms with Gasteiger partial charge in [-0.25, -0.2) is 0 Å². The van der Waals surface area contributed by atoms with Gasteiger partial charge in [0.15, 0.2) is 5.78 Å². The Morgan fingerprint density at radius 1 is 1.17 bits per heavy atom. The minimum Gasteiger partial charge on any atom is -0.343 e. The Morgan fingerprint density at radius 2 is 1.88 bits per heavy atom. The number of nitrogens with zero attached hydrogens (tertiary/aromatic N) is 1. The highest BCUT2D eigenvalue weighted by Gasteiger charge is 2.29. The standard InChI is InChI=1S/C18H24N2O2S.ClH/c21-17(12-16-13-23-11-8-19-16)20-9-6-15(7-10-20)18(22)14-4-2-1-3-5-14;/h1-5,15-16,19H,6-13H2;1H. The first kappa shape index (κ1) is 19.3. The zero-order chi connectivity index (χ0) is 16.1. The molecule has 2 fully saturated rings. The molecule has 3 rings (SSSR count). The lowest BCUT2D eigenvalue weighted by Gasteiger charge is -2.33. The summed E-state index contributed by atoms with van der Waals surface area (Å²) < 4.78 is 0. The molecule has 1 amide bonds. The van der Waals surface area contributed by atoms with E-state index in [-0.39, 0.29) is 30.0 Å². The van der Waals surface area contributed by atoms with Crippen molar-refractivity contribution in [1.29, 1.82) is 0 Å². The summed E-state index contributed by atoms with van der Waals surface area (Å²) in [6.07, 6.45) is 2.16. The summed E-state index contributed by atoms with van der Waals surface area (Å²) in [7, 11) is 0. The molecular weight excluding hydrogens is 344 g/mol. The van der Waals surface area contributed by atoms with Crippen LogP contribution in [0, 0.1) is 5.92 Å². The second-order valence-corrected chi connectivity index (χ2v) is 7.47. The number of amides is 1. The van der Waals surface area contributed by atoms with E-state index in [9.17, 15) is 9.59 Å². The monoisotopic (exact) mass is 368 g/mol. The van der Waals surface area contributed by atoms with Crippen LogP contribution in [0.3, 0.4) is 0 Å². The second-order valence-electron chi connectivity index (χ2n) is 6.32. The SMILES string of the molecule is Cl.O=C(c1ccccc1)C1CCN(C(=O)CC2CSCCN2)CC1. The van der Waals surface area contributed by atoms with Crippen molar-refractivity contribution in [1.82, 2.24) is 10.2 Å². The third-order valence-electron chi connectivity index (χ3n) is 4.70. The molecule has 2 heterocycles. The van der Waals surface area contributed by atoms with Gasteiger partial charge in [-0.05, 0) is 12.8 Å². The molecule has 2 saturated heterocycles. The third-order valence-corrected chi connectivity index (χ3v) is 5.83. The van der Waals surface area contributed by atoms with Crippen molar-refractivity contribution in [3.63, 3.8) is 0 Å². The normalized spacial score (nSPS) is 21.8. The van der Waals surface area contributed by atoms with Gasteiger partial charge in [0.25, 0.3) is 0 Å². The number of rotatable bonds is 4. The average Bonchev–Trinajstić information content (AvgIpc) is 2.63. The average molecular weight is 369 g/mol. The number of ketones is 1. The van der Waals surface area contributed by atoms with E-state index in [1.54, 1.807) is 0 Å². The molecule has 0 aromatic heterocycles. The Hall–Kier alpha value is -1.04. The van der Waals surface area contributed by atoms with Crippen molar-refractivity contribution in [3.05, 3.63) is 35.9 Å². The number of nitrogens with one attached hydrogen (secondary N) is 1. The van der Waals surface area contributed by atoms with Crippen LogP contribution >= 0.6 is 24.2 Å². The summed E-state index contributed by atoms with van der Waals surface area (Å²) in [5.74, 6) is 2.68. The third kappa shape index (κ3) is 4.98. The molecule has 6 heteroatoms. The summed E-state index contributed by atoms with van der Waals surface area (Å²) in [5, 5.41) is 3.42. The minimum absolute atomic E-state index is 0. The van der Waals surface area contributed by atoms with Crippen LogP contribution in [0.5, 0.6) is 0 Å². The summed E-state index contributed by atoms with van der Waals surface area (Å²) in [4.78, 5) is 26.8. The molecular formula is C18H25ClN2O2S. The lowest BCUT2D eigenvalue weighted by molar-refractivity contribution is -0.132. The van der Waals surface area contributed by atoms with Crippen LogP contribution in [0.2, 0.25) is 0 Å². The molecule has 2 aliphatic rings. The number of halogens is 1. The van der Waals surface area contributed by atoms with Gasteiger partial charge < -0.3 is 10.2 Å². The van der Waals surface area contributed by atoms with Crippen LogP contribution < -0.4 is 5.32 Å². The highest BCUT2D eigenvalue weighted by Crippen LogP contribution is 2.23. The highest BCUT2D eigenvalue weighted by atomic mass is 35.5. The first-order chi connectivity index (χ1) is 11.2. The quantitative estimate of drug-likeness (QED) is 0.830. The molecule has 0 aliphatic carbocycles. The van der Waals surface area contributed by atoms with Crippen LogP contribution in [0.4, 0.5) is 0 Å². The number of piperidine rings is 1. The number of benzene rings is 1. The number of carbonyl (C=O) groups excluding carboxylic acids is 2. The Morgan fingerprint density at radius 3 is 2.50 bits per heavy atom. The lowest BCUT2D eigenvalue weighted by Crippen LogP contribution is -2.45. The maximum Gasteiger partial charge on any atom is 0.224 e. The molecule has 0 saturated carbocycles. The molecule has 0 spiro atoms. The van der Waals surface area contributed by atoms with Crippen molar-refractivity contribution in [2.75, 3.05) is 31.1 Å². The van der Waals surface area contributed by atoms with Crippen molar-refractivity contribution in [2.45, 2.75) is 25.3 Å². The molecule has 132 valence electrons. The van der Waals surface area contributed by atoms with E-state index in [0.29, 0.717) is 25.6 Å². The van der Waals surface area contributed by atoms with Crippen LogP contribution in [0.1, 0.15) is 29.6 Å². The molecule has 1 unspecified atom stereocenters. The van der Waals surface area contributed by atoms with Gasteiger partial charge in [-0.3, -0.25) is 9.59 Å². The fourth-order valence-electron chi connectivity index (χ4n) is 3.32. The van der Waals surface area contributed by atoms with E-state index in [1.807, 2.05) is 47.0 Å². The Kier molecular flexibility index (Phi) is 7.59. The number of hydrogen-bond donors (Lipinski definition) is 1. The summed E-state index contributed by atoms with van der Waals surface area (Å²) in [5.41, 5.74) is 0.792. The zero-order valence-electron chi connectivity index (χ0n) is 13.8. The van der Waals surface area contributed by atoms with Crippen LogP contribution in [-0.2, 0) is 4.79 Å². The molecule has 1 aromatic carbocycles. The maximum atomic E-state index is 12.5. The van der Waals surface area contributed by atoms with E-state index in [2.05, 4.69) is 5.32 Å². The molecule has 1 N–H and O–H groups in total. The van der Waals surface area contributed by atoms with Gasteiger partial charge in [0.2, 0.25) is 5.91 Å². The summed E-state index contributed by atoms with van der Waals surface area (Å²) >= 11 is 1.92. The number of carbonyl (C=O) groups is 2. The number of likely N-dealkylation sites (tertiary alicyclic amines) is 1. The molecule has 1 atom stereocenters. The lowest BCUT2D eigenvalue weighted by atomic mass is 9.89. The minimum atomic E-state index is 0. The van der Waals surface area contributed by atoms with Crippen molar-refractivity contribution in [3.8, 4) is 0 Å². The highest BCUT2D eigenvalue weighted by molar-refractivity contribution is 7.99. The van der Waals surface area contributed by atoms with Gasteiger partial charge in [0.05, 0.1) is 0 Å². The van der Waals surface area contributed by atoms with Gasteiger partial charge in [-0.1, -0.05) is 30.3 Å². The van der Waals surface area contributed by atoms with Crippen LogP contribution in [-0.4, -0.2) is 53.8 Å². The summed E-state index contributed by atoms with van der Waals surface area (Å²) in [6.45, 7) is 2.42. The first-order valence-corrected chi connectivity index (χ1v) is 9.57. The zero-order valence-corrected chi connectivity index (χ0v) is 15.4. The van der Waals surface area contributed by atoms with E-state index in [0.717, 1.165) is 36.5 Å². The Labute approximate surface area is 154 Å². The number of hydrogen-bond acceptors (Lipinski definition) is 4. The van der Waals surface area contributed by atoms with Gasteiger partial charge in [0, 0.05) is 55.1 Å². The topological polar surface area (TPSA) is 49.4 Å². The molecule has 4 nitrogen and oxygen atoms in total. The second kappa shape index (κ2) is 9.44. The molecule has 24 heavy (non-hydrogen) atoms. The molecule has 0 radical (unpaired) electrons. The van der Waals surface area contributed by atoms with Gasteiger partial charge >= 0.3 is 0 Å². The summed E-state index contributed by atoms with van der Waals surface area (Å²) in [6, 6.07) is 9.81. The predicted molar refractivity (Wildman–Crippen MR) is 101 cm³/mol. The molecule has 0 bridgehead atoms. The van der Waals surface area contributed by atoms with E-state index in [1.165, 1.54) is 0 Å². The molecule has 1 aromatic rings. The predicted octanol–water partition coefficient (Wildman–Crippen LogP) is 2.62. The molecule has 2 aliphatic heterocycles. The van der Waals surface area contributed by atoms with E-state index in [4.69, 9.17) is 0 Å². The maximum absolute atomic E-state index is 12.5. The Bertz CT molecular complexity index is 541. The fourth-order valence-corrected chi connectivity index (χ4v) is 4.27. The van der Waals surface area contributed by atoms with Crippen LogP contribution in [0.15, 0.2) is 30.3 Å².